The van der Waals surface area contributed by atoms with Gasteiger partial charge < -0.3 is 5.32 Å². The maximum absolute atomic E-state index is 5.99. The van der Waals surface area contributed by atoms with Crippen molar-refractivity contribution in [2.75, 3.05) is 19.3 Å². The van der Waals surface area contributed by atoms with Crippen LogP contribution in [0.4, 0.5) is 0 Å². The topological polar surface area (TPSA) is 73.2 Å². The molecule has 0 spiro atoms. The van der Waals surface area contributed by atoms with Crippen molar-refractivity contribution >= 4 is 69.1 Å². The maximum Gasteiger partial charge on any atom is 0.186 e. The van der Waals surface area contributed by atoms with Gasteiger partial charge in [0.25, 0.3) is 0 Å². The zero-order valence-electron chi connectivity index (χ0n) is 13.1. The number of hydrogen-bond donors (Lipinski definition) is 3. The van der Waals surface area contributed by atoms with Crippen LogP contribution in [0.15, 0.2) is 27.3 Å². The first kappa shape index (κ1) is 19.9. The lowest BCUT2D eigenvalue weighted by Gasteiger charge is -2.05. The number of amidine groups is 1. The van der Waals surface area contributed by atoms with Crippen LogP contribution in [0.3, 0.4) is 0 Å². The number of hydrogen-bond acceptors (Lipinski definition) is 6. The highest BCUT2D eigenvalue weighted by molar-refractivity contribution is 8.13. The van der Waals surface area contributed by atoms with Crippen molar-refractivity contribution < 1.29 is 0 Å². The van der Waals surface area contributed by atoms with Crippen molar-refractivity contribution in [2.24, 2.45) is 15.2 Å². The lowest BCUT2D eigenvalue weighted by molar-refractivity contribution is 0.903. The van der Waals surface area contributed by atoms with E-state index in [2.05, 4.69) is 31.4 Å². The van der Waals surface area contributed by atoms with Crippen LogP contribution in [0.25, 0.3) is 0 Å². The van der Waals surface area contributed by atoms with Gasteiger partial charge in [-0.3, -0.25) is 15.8 Å². The van der Waals surface area contributed by atoms with Crippen LogP contribution in [0, 0.1) is 0 Å². The minimum Gasteiger partial charge on any atom is -0.362 e. The molecule has 0 aromatic carbocycles. The fraction of sp³-hybridized carbons (Fsp3) is 0.385. The van der Waals surface area contributed by atoms with E-state index >= 15 is 0 Å². The standard InChI is InChI=1S/C13H19ClN6S3/c1-4-15-12(21)19-18-9(10-6-7-11(14)23-10)8-17-20-13(22-3)16-5-2/h6-8H,4-5H2,1-3H3,(H,16,20)(H2,15,19,21)/b17-8+,18-9-. The van der Waals surface area contributed by atoms with E-state index in [9.17, 15) is 0 Å². The highest BCUT2D eigenvalue weighted by Crippen LogP contribution is 2.21. The van der Waals surface area contributed by atoms with Gasteiger partial charge in [-0.25, -0.2) is 0 Å². The van der Waals surface area contributed by atoms with Gasteiger partial charge >= 0.3 is 0 Å². The Hall–Kier alpha value is -1.16. The number of hydrazone groups is 2. The van der Waals surface area contributed by atoms with Gasteiger partial charge in [-0.05, 0) is 44.5 Å². The summed E-state index contributed by atoms with van der Waals surface area (Å²) in [5, 5.41) is 12.6. The van der Waals surface area contributed by atoms with E-state index < -0.39 is 0 Å². The number of aliphatic imine (C=N–C) groups is 1. The Bertz CT molecular complexity index is 596. The highest BCUT2D eigenvalue weighted by atomic mass is 35.5. The van der Waals surface area contributed by atoms with Crippen LogP contribution >= 0.6 is 46.9 Å². The molecule has 6 nitrogen and oxygen atoms in total. The van der Waals surface area contributed by atoms with Gasteiger partial charge in [-0.2, -0.15) is 10.2 Å². The first-order valence-corrected chi connectivity index (χ1v) is 9.68. The van der Waals surface area contributed by atoms with Crippen LogP contribution in [0.1, 0.15) is 18.7 Å². The van der Waals surface area contributed by atoms with Crippen molar-refractivity contribution in [2.45, 2.75) is 13.8 Å². The van der Waals surface area contributed by atoms with E-state index in [0.717, 1.165) is 16.6 Å². The molecule has 0 aliphatic heterocycles. The van der Waals surface area contributed by atoms with Gasteiger partial charge in [-0.15, -0.1) is 11.3 Å². The molecule has 23 heavy (non-hydrogen) atoms. The Morgan fingerprint density at radius 3 is 2.74 bits per heavy atom. The summed E-state index contributed by atoms with van der Waals surface area (Å²) >= 11 is 14.0. The van der Waals surface area contributed by atoms with Gasteiger partial charge in [0, 0.05) is 13.1 Å². The summed E-state index contributed by atoms with van der Waals surface area (Å²) in [6.45, 7) is 5.34. The van der Waals surface area contributed by atoms with Crippen molar-refractivity contribution in [3.63, 3.8) is 0 Å². The molecule has 0 saturated heterocycles. The molecule has 10 heteroatoms. The number of thiophene rings is 1. The Kier molecular flexibility index (Phi) is 9.85. The second kappa shape index (κ2) is 11.4. The summed E-state index contributed by atoms with van der Waals surface area (Å²) in [6.07, 6.45) is 3.53. The van der Waals surface area contributed by atoms with Crippen LogP contribution in [-0.2, 0) is 0 Å². The molecule has 0 unspecified atom stereocenters. The summed E-state index contributed by atoms with van der Waals surface area (Å²) < 4.78 is 0.681. The van der Waals surface area contributed by atoms with Crippen molar-refractivity contribution in [3.05, 3.63) is 21.3 Å². The first-order valence-electron chi connectivity index (χ1n) is 6.85. The van der Waals surface area contributed by atoms with E-state index in [1.807, 2.05) is 32.2 Å². The first-order chi connectivity index (χ1) is 11.1. The summed E-state index contributed by atoms with van der Waals surface area (Å²) in [6, 6.07) is 3.69. The number of thiocarbonyl (C=S) groups is 1. The van der Waals surface area contributed by atoms with Crippen LogP contribution < -0.4 is 16.2 Å². The van der Waals surface area contributed by atoms with Crippen LogP contribution in [0.5, 0.6) is 0 Å². The van der Waals surface area contributed by atoms with Crippen LogP contribution in [0.2, 0.25) is 4.34 Å². The molecule has 0 aliphatic carbocycles. The molecule has 0 amide bonds. The average molecular weight is 391 g/mol. The normalized spacial score (nSPS) is 12.5. The molecule has 0 atom stereocenters. The molecular weight excluding hydrogens is 372 g/mol. The Labute approximate surface area is 154 Å². The minimum absolute atomic E-state index is 0.450. The molecule has 3 N–H and O–H groups in total. The fourth-order valence-electron chi connectivity index (χ4n) is 1.35. The average Bonchev–Trinajstić information content (AvgIpc) is 2.96. The van der Waals surface area contributed by atoms with Crippen LogP contribution in [-0.4, -0.2) is 41.6 Å². The van der Waals surface area contributed by atoms with Gasteiger partial charge in [-0.1, -0.05) is 23.4 Å². The Balaban J connectivity index is 2.85. The quantitative estimate of drug-likeness (QED) is 0.301. The number of halogens is 1. The molecule has 1 heterocycles. The highest BCUT2D eigenvalue weighted by Gasteiger charge is 2.06. The fourth-order valence-corrected chi connectivity index (χ4v) is 2.94. The number of thioether (sulfide) groups is 1. The minimum atomic E-state index is 0.450. The lowest BCUT2D eigenvalue weighted by Crippen LogP contribution is -2.32. The van der Waals surface area contributed by atoms with Crippen molar-refractivity contribution in [1.29, 1.82) is 0 Å². The predicted octanol–water partition coefficient (Wildman–Crippen LogP) is 2.90. The zero-order chi connectivity index (χ0) is 17.1. The lowest BCUT2D eigenvalue weighted by atomic mass is 10.3. The zero-order valence-corrected chi connectivity index (χ0v) is 16.3. The van der Waals surface area contributed by atoms with Gasteiger partial charge in [0.05, 0.1) is 15.4 Å². The van der Waals surface area contributed by atoms with E-state index in [-0.39, 0.29) is 0 Å². The smallest absolute Gasteiger partial charge is 0.186 e. The molecule has 1 aromatic rings. The van der Waals surface area contributed by atoms with E-state index in [1.165, 1.54) is 23.1 Å². The molecule has 1 rings (SSSR count). The second-order valence-electron chi connectivity index (χ2n) is 3.93. The SMILES string of the molecule is CCN=C(N/N=C/C(=N/NC(=S)NCC)c1ccc(Cl)s1)SC. The molecule has 126 valence electrons. The van der Waals surface area contributed by atoms with Gasteiger partial charge in [0.2, 0.25) is 0 Å². The molecule has 0 aliphatic rings. The molecule has 0 saturated carbocycles. The van der Waals surface area contributed by atoms with Crippen molar-refractivity contribution in [3.8, 4) is 0 Å². The van der Waals surface area contributed by atoms with E-state index in [4.69, 9.17) is 23.8 Å². The van der Waals surface area contributed by atoms with Gasteiger partial charge in [0.1, 0.15) is 5.71 Å². The molecule has 1 aromatic heterocycles. The summed E-state index contributed by atoms with van der Waals surface area (Å²) in [4.78, 5) is 5.14. The Morgan fingerprint density at radius 2 is 2.17 bits per heavy atom. The Morgan fingerprint density at radius 1 is 1.39 bits per heavy atom. The summed E-state index contributed by atoms with van der Waals surface area (Å²) in [5.41, 5.74) is 6.29. The third-order valence-corrected chi connectivity index (χ3v) is 4.38. The van der Waals surface area contributed by atoms with Gasteiger partial charge in [0.15, 0.2) is 10.3 Å². The molecular formula is C13H19ClN6S3. The number of nitrogens with one attached hydrogen (secondary N) is 3. The number of nitrogens with zero attached hydrogens (tertiary/aromatic N) is 3. The predicted molar refractivity (Wildman–Crippen MR) is 108 cm³/mol. The van der Waals surface area contributed by atoms with Crippen molar-refractivity contribution in [1.82, 2.24) is 16.2 Å². The monoisotopic (exact) mass is 390 g/mol. The van der Waals surface area contributed by atoms with E-state index in [0.29, 0.717) is 21.7 Å². The third kappa shape index (κ3) is 7.78. The third-order valence-electron chi connectivity index (χ3n) is 2.28. The summed E-state index contributed by atoms with van der Waals surface area (Å²) in [5.74, 6) is 0. The van der Waals surface area contributed by atoms with E-state index in [1.54, 1.807) is 6.21 Å². The summed E-state index contributed by atoms with van der Waals surface area (Å²) in [7, 11) is 0. The molecule has 0 radical (unpaired) electrons. The molecule has 0 fully saturated rings. The second-order valence-corrected chi connectivity index (χ2v) is 6.84. The number of rotatable bonds is 6. The maximum atomic E-state index is 5.99. The molecule has 0 bridgehead atoms. The largest absolute Gasteiger partial charge is 0.362 e.